The number of Topliss-reactive ketones (excluding diaryl/α,β-unsaturated/α-hetero) is 1. The van der Waals surface area contributed by atoms with Gasteiger partial charge in [-0.05, 0) is 37.1 Å². The van der Waals surface area contributed by atoms with Crippen LogP contribution in [0.3, 0.4) is 0 Å². The molecule has 2 heterocycles. The lowest BCUT2D eigenvalue weighted by molar-refractivity contribution is 0.0955. The molecule has 1 aromatic carbocycles. The van der Waals surface area contributed by atoms with E-state index in [9.17, 15) is 9.18 Å². The van der Waals surface area contributed by atoms with Crippen LogP contribution in [0, 0.1) is 24.6 Å². The van der Waals surface area contributed by atoms with Gasteiger partial charge in [0.15, 0.2) is 5.78 Å². The summed E-state index contributed by atoms with van der Waals surface area (Å²) in [5.74, 6) is 5.63. The molecule has 0 radical (unpaired) electrons. The monoisotopic (exact) mass is 267 g/mol. The van der Waals surface area contributed by atoms with Crippen LogP contribution < -0.4 is 0 Å². The lowest BCUT2D eigenvalue weighted by Crippen LogP contribution is -2.14. The van der Waals surface area contributed by atoms with Crippen molar-refractivity contribution in [2.45, 2.75) is 26.3 Å². The van der Waals surface area contributed by atoms with E-state index in [4.69, 9.17) is 0 Å². The predicted octanol–water partition coefficient (Wildman–Crippen LogP) is 3.31. The standard InChI is InChI=1S/C17H14FNO/c1-12-4-7-15(18)14(9-12)6-5-13-10-16-17(20)3-2-8-19(16)11-13/h4,7,9-11H,2-3,8H2,1H3. The maximum Gasteiger partial charge on any atom is 0.179 e. The molecule has 3 heteroatoms. The Morgan fingerprint density at radius 2 is 2.10 bits per heavy atom. The van der Waals surface area contributed by atoms with E-state index in [0.29, 0.717) is 17.7 Å². The second kappa shape index (κ2) is 4.97. The number of hydrogen-bond acceptors (Lipinski definition) is 1. The summed E-state index contributed by atoms with van der Waals surface area (Å²) in [7, 11) is 0. The molecule has 0 unspecified atom stereocenters. The van der Waals surface area contributed by atoms with Crippen LogP contribution in [0.1, 0.15) is 40.0 Å². The molecule has 0 saturated heterocycles. The molecule has 0 bridgehead atoms. The van der Waals surface area contributed by atoms with Crippen LogP contribution in [0.25, 0.3) is 0 Å². The molecule has 3 rings (SSSR count). The van der Waals surface area contributed by atoms with E-state index in [2.05, 4.69) is 11.8 Å². The summed E-state index contributed by atoms with van der Waals surface area (Å²) in [5, 5.41) is 0. The number of hydrogen-bond donors (Lipinski definition) is 0. The van der Waals surface area contributed by atoms with Crippen LogP contribution in [0.15, 0.2) is 30.5 Å². The van der Waals surface area contributed by atoms with Crippen LogP contribution in [-0.2, 0) is 6.54 Å². The van der Waals surface area contributed by atoms with Gasteiger partial charge >= 0.3 is 0 Å². The van der Waals surface area contributed by atoms with Gasteiger partial charge in [0.1, 0.15) is 5.82 Å². The van der Waals surface area contributed by atoms with Gasteiger partial charge in [-0.25, -0.2) is 4.39 Å². The van der Waals surface area contributed by atoms with Crippen molar-refractivity contribution >= 4 is 5.78 Å². The summed E-state index contributed by atoms with van der Waals surface area (Å²) in [6, 6.07) is 6.66. The number of nitrogens with zero attached hydrogens (tertiary/aromatic N) is 1. The fourth-order valence-electron chi connectivity index (χ4n) is 2.41. The van der Waals surface area contributed by atoms with Crippen LogP contribution in [0.2, 0.25) is 0 Å². The molecule has 0 amide bonds. The fraction of sp³-hybridized carbons (Fsp3) is 0.235. The van der Waals surface area contributed by atoms with Gasteiger partial charge in [0.05, 0.1) is 11.3 Å². The first-order chi connectivity index (χ1) is 9.63. The summed E-state index contributed by atoms with van der Waals surface area (Å²) in [6.45, 7) is 2.75. The first-order valence-corrected chi connectivity index (χ1v) is 6.65. The molecule has 20 heavy (non-hydrogen) atoms. The number of fused-ring (bicyclic) bond motifs is 1. The minimum absolute atomic E-state index is 0.158. The molecule has 0 N–H and O–H groups in total. The third-order valence-electron chi connectivity index (χ3n) is 3.45. The molecule has 0 fully saturated rings. The van der Waals surface area contributed by atoms with Crippen LogP contribution >= 0.6 is 0 Å². The Balaban J connectivity index is 1.95. The molecule has 1 aliphatic rings. The average Bonchev–Trinajstić information content (AvgIpc) is 2.84. The van der Waals surface area contributed by atoms with Crippen LogP contribution in [0.5, 0.6) is 0 Å². The summed E-state index contributed by atoms with van der Waals surface area (Å²) >= 11 is 0. The van der Waals surface area contributed by atoms with Crippen molar-refractivity contribution in [1.29, 1.82) is 0 Å². The quantitative estimate of drug-likeness (QED) is 0.671. The Morgan fingerprint density at radius 3 is 2.90 bits per heavy atom. The highest BCUT2D eigenvalue weighted by atomic mass is 19.1. The molecule has 1 aliphatic heterocycles. The lowest BCUT2D eigenvalue weighted by Gasteiger charge is -2.12. The maximum absolute atomic E-state index is 13.6. The third-order valence-corrected chi connectivity index (χ3v) is 3.45. The number of carbonyl (C=O) groups excluding carboxylic acids is 1. The van der Waals surface area contributed by atoms with Crippen molar-refractivity contribution in [3.05, 3.63) is 58.7 Å². The summed E-state index contributed by atoms with van der Waals surface area (Å²) in [5.41, 5.74) is 2.84. The average molecular weight is 267 g/mol. The number of aromatic nitrogens is 1. The Labute approximate surface area is 117 Å². The summed E-state index contributed by atoms with van der Waals surface area (Å²) < 4.78 is 15.5. The van der Waals surface area contributed by atoms with Crippen molar-refractivity contribution in [2.24, 2.45) is 0 Å². The van der Waals surface area contributed by atoms with Gasteiger partial charge in [0, 0.05) is 24.7 Å². The molecule has 2 aromatic rings. The Hall–Kier alpha value is -2.34. The van der Waals surface area contributed by atoms with Crippen molar-refractivity contribution in [2.75, 3.05) is 0 Å². The van der Waals surface area contributed by atoms with Gasteiger partial charge in [-0.1, -0.05) is 17.9 Å². The Kier molecular flexibility index (Phi) is 3.15. The number of carbonyl (C=O) groups is 1. The van der Waals surface area contributed by atoms with Gasteiger partial charge in [0.2, 0.25) is 0 Å². The van der Waals surface area contributed by atoms with E-state index in [1.54, 1.807) is 18.2 Å². The lowest BCUT2D eigenvalue weighted by atomic mass is 10.1. The SMILES string of the molecule is Cc1ccc(F)c(C#Cc2cc3n(c2)CCCC3=O)c1. The van der Waals surface area contributed by atoms with E-state index in [-0.39, 0.29) is 11.6 Å². The topological polar surface area (TPSA) is 22.0 Å². The highest BCUT2D eigenvalue weighted by Gasteiger charge is 2.17. The van der Waals surface area contributed by atoms with Crippen LogP contribution in [-0.4, -0.2) is 10.4 Å². The molecule has 0 spiro atoms. The normalized spacial score (nSPS) is 13.6. The van der Waals surface area contributed by atoms with E-state index in [1.807, 2.05) is 17.7 Å². The van der Waals surface area contributed by atoms with E-state index >= 15 is 0 Å². The Morgan fingerprint density at radius 1 is 1.25 bits per heavy atom. The number of ketones is 1. The second-order valence-corrected chi connectivity index (χ2v) is 5.07. The Bertz CT molecular complexity index is 746. The van der Waals surface area contributed by atoms with Gasteiger partial charge in [-0.15, -0.1) is 0 Å². The molecule has 1 aromatic heterocycles. The second-order valence-electron chi connectivity index (χ2n) is 5.07. The summed E-state index contributed by atoms with van der Waals surface area (Å²) in [4.78, 5) is 11.7. The van der Waals surface area contributed by atoms with Gasteiger partial charge < -0.3 is 4.57 Å². The smallest absolute Gasteiger partial charge is 0.179 e. The number of halogens is 1. The minimum atomic E-state index is -0.317. The molecule has 0 atom stereocenters. The van der Waals surface area contributed by atoms with Crippen molar-refractivity contribution < 1.29 is 9.18 Å². The van der Waals surface area contributed by atoms with Crippen LogP contribution in [0.4, 0.5) is 4.39 Å². The zero-order valence-corrected chi connectivity index (χ0v) is 11.2. The zero-order valence-electron chi connectivity index (χ0n) is 11.2. The van der Waals surface area contributed by atoms with E-state index < -0.39 is 0 Å². The van der Waals surface area contributed by atoms with Crippen molar-refractivity contribution in [1.82, 2.24) is 4.57 Å². The molecule has 0 aliphatic carbocycles. The van der Waals surface area contributed by atoms with E-state index in [1.165, 1.54) is 6.07 Å². The molecule has 0 saturated carbocycles. The molecule has 100 valence electrons. The third kappa shape index (κ3) is 2.37. The largest absolute Gasteiger partial charge is 0.344 e. The first kappa shape index (κ1) is 12.7. The van der Waals surface area contributed by atoms with Gasteiger partial charge in [-0.2, -0.15) is 0 Å². The fourth-order valence-corrected chi connectivity index (χ4v) is 2.41. The van der Waals surface area contributed by atoms with Crippen molar-refractivity contribution in [3.8, 4) is 11.8 Å². The minimum Gasteiger partial charge on any atom is -0.344 e. The summed E-state index contributed by atoms with van der Waals surface area (Å²) in [6.07, 6.45) is 3.34. The number of aryl methyl sites for hydroxylation is 2. The molecule has 2 nitrogen and oxygen atoms in total. The van der Waals surface area contributed by atoms with Gasteiger partial charge in [-0.3, -0.25) is 4.79 Å². The highest BCUT2D eigenvalue weighted by molar-refractivity contribution is 5.95. The van der Waals surface area contributed by atoms with E-state index in [0.717, 1.165) is 24.1 Å². The molecular formula is C17H14FNO. The van der Waals surface area contributed by atoms with Crippen molar-refractivity contribution in [3.63, 3.8) is 0 Å². The highest BCUT2D eigenvalue weighted by Crippen LogP contribution is 2.18. The first-order valence-electron chi connectivity index (χ1n) is 6.65. The number of rotatable bonds is 0. The predicted molar refractivity (Wildman–Crippen MR) is 75.1 cm³/mol. The zero-order chi connectivity index (χ0) is 14.1. The molecular weight excluding hydrogens is 253 g/mol. The maximum atomic E-state index is 13.6. The van der Waals surface area contributed by atoms with Gasteiger partial charge in [0.25, 0.3) is 0 Å². The number of benzene rings is 1.